The molecule has 0 bridgehead atoms. The molecule has 0 fully saturated rings. The van der Waals surface area contributed by atoms with Gasteiger partial charge in [-0.05, 0) is 52.7 Å². The third-order valence-electron chi connectivity index (χ3n) is 3.40. The Hall–Kier alpha value is -1.17. The van der Waals surface area contributed by atoms with Gasteiger partial charge in [0.2, 0.25) is 0 Å². The third-order valence-corrected chi connectivity index (χ3v) is 6.11. The fourth-order valence-corrected chi connectivity index (χ4v) is 4.10. The third kappa shape index (κ3) is 3.73. The van der Waals surface area contributed by atoms with Gasteiger partial charge in [0.25, 0.3) is 0 Å². The lowest BCUT2D eigenvalue weighted by molar-refractivity contribution is 0.414. The van der Waals surface area contributed by atoms with E-state index >= 15 is 0 Å². The fraction of sp³-hybridized carbons (Fsp3) is 0.250. The van der Waals surface area contributed by atoms with Gasteiger partial charge in [0.15, 0.2) is 0 Å². The molecule has 0 aliphatic rings. The molecular weight excluding hydrogens is 350 g/mol. The number of ether oxygens (including phenoxy) is 1. The van der Waals surface area contributed by atoms with Crippen molar-refractivity contribution in [3.63, 3.8) is 0 Å². The minimum Gasteiger partial charge on any atom is -0.497 e. The maximum atomic E-state index is 12.7. The Morgan fingerprint density at radius 3 is 2.33 bits per heavy atom. The van der Waals surface area contributed by atoms with Crippen molar-refractivity contribution in [1.82, 2.24) is 0 Å². The Kier molecular flexibility index (Phi) is 5.56. The van der Waals surface area contributed by atoms with Crippen molar-refractivity contribution in [3.05, 3.63) is 58.6 Å². The highest BCUT2D eigenvalue weighted by Crippen LogP contribution is 2.27. The van der Waals surface area contributed by atoms with Crippen LogP contribution in [0.4, 0.5) is 0 Å². The van der Waals surface area contributed by atoms with Crippen molar-refractivity contribution in [2.75, 3.05) is 7.11 Å². The number of nitrogens with two attached hydrogens (primary N) is 1. The van der Waals surface area contributed by atoms with Gasteiger partial charge in [-0.25, -0.2) is 0 Å². The average Bonchev–Trinajstić information content (AvgIpc) is 2.53. The first kappa shape index (κ1) is 16.2. The van der Waals surface area contributed by atoms with Gasteiger partial charge in [-0.2, -0.15) is 0 Å². The van der Waals surface area contributed by atoms with Gasteiger partial charge in [-0.3, -0.25) is 4.21 Å². The lowest BCUT2D eigenvalue weighted by Gasteiger charge is -2.20. The fourth-order valence-electron chi connectivity index (χ4n) is 2.04. The van der Waals surface area contributed by atoms with E-state index in [1.807, 2.05) is 55.5 Å². The molecule has 3 nitrogen and oxygen atoms in total. The van der Waals surface area contributed by atoms with Crippen molar-refractivity contribution in [1.29, 1.82) is 0 Å². The molecule has 0 aromatic heterocycles. The van der Waals surface area contributed by atoms with Crippen molar-refractivity contribution in [3.8, 4) is 5.75 Å². The van der Waals surface area contributed by atoms with E-state index in [-0.39, 0.29) is 11.3 Å². The van der Waals surface area contributed by atoms with Crippen LogP contribution in [0, 0.1) is 0 Å². The van der Waals surface area contributed by atoms with Gasteiger partial charge in [0, 0.05) is 10.5 Å². The van der Waals surface area contributed by atoms with Crippen molar-refractivity contribution < 1.29 is 8.95 Å². The summed E-state index contributed by atoms with van der Waals surface area (Å²) >= 11 is 3.44. The maximum absolute atomic E-state index is 12.7. The minimum absolute atomic E-state index is 0.197. The van der Waals surface area contributed by atoms with Crippen LogP contribution in [0.15, 0.2) is 57.9 Å². The summed E-state index contributed by atoms with van der Waals surface area (Å²) in [5, 5.41) is -0.197. The van der Waals surface area contributed by atoms with E-state index in [0.29, 0.717) is 0 Å². The molecule has 0 spiro atoms. The average molecular weight is 368 g/mol. The molecule has 2 rings (SSSR count). The molecule has 0 aliphatic heterocycles. The topological polar surface area (TPSA) is 52.3 Å². The van der Waals surface area contributed by atoms with E-state index < -0.39 is 10.8 Å². The number of methoxy groups -OCH3 is 1. The molecule has 0 radical (unpaired) electrons. The van der Waals surface area contributed by atoms with Gasteiger partial charge >= 0.3 is 0 Å². The summed E-state index contributed by atoms with van der Waals surface area (Å²) in [6.45, 7) is 1.91. The molecule has 0 saturated carbocycles. The first-order chi connectivity index (χ1) is 10.0. The highest BCUT2D eigenvalue weighted by atomic mass is 79.9. The highest BCUT2D eigenvalue weighted by molar-refractivity contribution is 9.10. The normalized spacial score (nSPS) is 15.2. The molecule has 3 atom stereocenters. The van der Waals surface area contributed by atoms with Crippen molar-refractivity contribution >= 4 is 26.7 Å². The largest absolute Gasteiger partial charge is 0.497 e. The molecule has 112 valence electrons. The summed E-state index contributed by atoms with van der Waals surface area (Å²) in [7, 11) is 0.444. The van der Waals surface area contributed by atoms with Gasteiger partial charge < -0.3 is 10.5 Å². The first-order valence-corrected chi connectivity index (χ1v) is 8.60. The van der Waals surface area contributed by atoms with Crippen LogP contribution in [0.25, 0.3) is 0 Å². The van der Waals surface area contributed by atoms with Gasteiger partial charge in [0.05, 0.1) is 28.1 Å². The molecule has 2 aromatic carbocycles. The quantitative estimate of drug-likeness (QED) is 0.877. The molecule has 2 N–H and O–H groups in total. The van der Waals surface area contributed by atoms with Crippen LogP contribution in [0.1, 0.15) is 18.5 Å². The molecule has 0 heterocycles. The Morgan fingerprint density at radius 2 is 1.76 bits per heavy atom. The summed E-state index contributed by atoms with van der Waals surface area (Å²) in [6.07, 6.45) is 0. The molecular formula is C16H18BrNO2S. The molecule has 5 heteroatoms. The maximum Gasteiger partial charge on any atom is 0.118 e. The number of hydrogen-bond acceptors (Lipinski definition) is 3. The lowest BCUT2D eigenvalue weighted by Crippen LogP contribution is -2.27. The van der Waals surface area contributed by atoms with E-state index in [1.165, 1.54) is 0 Å². The van der Waals surface area contributed by atoms with Crippen LogP contribution in [0.5, 0.6) is 5.75 Å². The van der Waals surface area contributed by atoms with Crippen LogP contribution >= 0.6 is 15.9 Å². The zero-order chi connectivity index (χ0) is 15.4. The van der Waals surface area contributed by atoms with E-state index in [1.54, 1.807) is 7.11 Å². The second kappa shape index (κ2) is 7.20. The molecule has 2 aromatic rings. The van der Waals surface area contributed by atoms with Crippen LogP contribution in [0.3, 0.4) is 0 Å². The number of halogens is 1. The smallest absolute Gasteiger partial charge is 0.118 e. The van der Waals surface area contributed by atoms with Gasteiger partial charge in [0.1, 0.15) is 5.75 Å². The SMILES string of the molecule is COc1ccc(C(N)C(C)S(=O)c2ccccc2Br)cc1. The molecule has 0 saturated heterocycles. The summed E-state index contributed by atoms with van der Waals surface area (Å²) in [5.74, 6) is 0.783. The van der Waals surface area contributed by atoms with E-state index in [0.717, 1.165) is 20.7 Å². The van der Waals surface area contributed by atoms with Crippen LogP contribution in [0.2, 0.25) is 0 Å². The first-order valence-electron chi connectivity index (χ1n) is 6.59. The Balaban J connectivity index is 2.20. The lowest BCUT2D eigenvalue weighted by atomic mass is 10.1. The number of rotatable bonds is 5. The van der Waals surface area contributed by atoms with Gasteiger partial charge in [-0.1, -0.05) is 24.3 Å². The second-order valence-corrected chi connectivity index (χ2v) is 7.36. The monoisotopic (exact) mass is 367 g/mol. The zero-order valence-electron chi connectivity index (χ0n) is 12.0. The van der Waals surface area contributed by atoms with Crippen LogP contribution in [-0.4, -0.2) is 16.6 Å². The van der Waals surface area contributed by atoms with E-state index in [2.05, 4.69) is 15.9 Å². The Bertz CT molecular complexity index is 630. The number of benzene rings is 2. The Labute approximate surface area is 136 Å². The molecule has 3 unspecified atom stereocenters. The highest BCUT2D eigenvalue weighted by Gasteiger charge is 2.23. The summed E-state index contributed by atoms with van der Waals surface area (Å²) < 4.78 is 18.7. The van der Waals surface area contributed by atoms with Crippen molar-refractivity contribution in [2.24, 2.45) is 5.73 Å². The van der Waals surface area contributed by atoms with Crippen LogP contribution in [-0.2, 0) is 10.8 Å². The van der Waals surface area contributed by atoms with E-state index in [4.69, 9.17) is 10.5 Å². The predicted molar refractivity (Wildman–Crippen MR) is 89.9 cm³/mol. The summed E-state index contributed by atoms with van der Waals surface area (Å²) in [6, 6.07) is 14.8. The standard InChI is InChI=1S/C16H18BrNO2S/c1-11(21(19)15-6-4-3-5-14(15)17)16(18)12-7-9-13(20-2)10-8-12/h3-11,16H,18H2,1-2H3. The van der Waals surface area contributed by atoms with Crippen molar-refractivity contribution in [2.45, 2.75) is 23.1 Å². The summed E-state index contributed by atoms with van der Waals surface area (Å²) in [5.41, 5.74) is 7.22. The second-order valence-electron chi connectivity index (χ2n) is 4.73. The molecule has 0 amide bonds. The minimum atomic E-state index is -1.18. The Morgan fingerprint density at radius 1 is 1.14 bits per heavy atom. The zero-order valence-corrected chi connectivity index (χ0v) is 14.4. The number of hydrogen-bond donors (Lipinski definition) is 1. The molecule has 21 heavy (non-hydrogen) atoms. The van der Waals surface area contributed by atoms with E-state index in [9.17, 15) is 4.21 Å². The van der Waals surface area contributed by atoms with Crippen LogP contribution < -0.4 is 10.5 Å². The predicted octanol–water partition coefficient (Wildman–Crippen LogP) is 3.65. The summed E-state index contributed by atoms with van der Waals surface area (Å²) in [4.78, 5) is 0.772. The molecule has 0 aliphatic carbocycles. The van der Waals surface area contributed by atoms with Gasteiger partial charge in [-0.15, -0.1) is 0 Å².